The summed E-state index contributed by atoms with van der Waals surface area (Å²) in [7, 11) is 0. The smallest absolute Gasteiger partial charge is 0.256 e. The Morgan fingerprint density at radius 2 is 1.84 bits per heavy atom. The van der Waals surface area contributed by atoms with Gasteiger partial charge in [0.15, 0.2) is 17.3 Å². The fourth-order valence-corrected chi connectivity index (χ4v) is 6.48. The number of ether oxygens (including phenoxy) is 2. The first-order chi connectivity index (χ1) is 22.0. The summed E-state index contributed by atoms with van der Waals surface area (Å²) < 4.78 is 36.0. The molecule has 1 saturated heterocycles. The number of hydrogen-bond donors (Lipinski definition) is 1. The lowest BCUT2D eigenvalue weighted by atomic mass is 10.0. The van der Waals surface area contributed by atoms with Crippen molar-refractivity contribution in [3.8, 4) is 17.2 Å². The van der Waals surface area contributed by atoms with Crippen LogP contribution in [0.2, 0.25) is 0 Å². The highest BCUT2D eigenvalue weighted by atomic mass is 19.1. The summed E-state index contributed by atoms with van der Waals surface area (Å²) in [6.07, 6.45) is 4.12. The minimum absolute atomic E-state index is 0.0529. The van der Waals surface area contributed by atoms with E-state index in [1.54, 1.807) is 10.8 Å². The van der Waals surface area contributed by atoms with Gasteiger partial charge >= 0.3 is 0 Å². The highest BCUT2D eigenvalue weighted by molar-refractivity contribution is 6.07. The Morgan fingerprint density at radius 1 is 1.02 bits per heavy atom. The Kier molecular flexibility index (Phi) is 7.93. The van der Waals surface area contributed by atoms with Crippen molar-refractivity contribution in [2.24, 2.45) is 0 Å². The van der Waals surface area contributed by atoms with Crippen molar-refractivity contribution in [3.05, 3.63) is 70.3 Å². The predicted octanol–water partition coefficient (Wildman–Crippen LogP) is 6.21. The molecule has 1 amide bonds. The van der Waals surface area contributed by atoms with E-state index in [-0.39, 0.29) is 16.7 Å². The van der Waals surface area contributed by atoms with Gasteiger partial charge in [0.05, 0.1) is 24.3 Å². The number of amides is 1. The molecule has 1 fully saturated rings. The van der Waals surface area contributed by atoms with Crippen LogP contribution in [0.5, 0.6) is 11.5 Å². The van der Waals surface area contributed by atoms with Crippen LogP contribution in [0.1, 0.15) is 43.5 Å². The van der Waals surface area contributed by atoms with E-state index < -0.39 is 17.2 Å². The van der Waals surface area contributed by atoms with Gasteiger partial charge in [-0.15, -0.1) is 0 Å². The molecule has 234 valence electrons. The summed E-state index contributed by atoms with van der Waals surface area (Å²) in [6, 6.07) is 12.8. The van der Waals surface area contributed by atoms with Gasteiger partial charge in [-0.2, -0.15) is 0 Å². The van der Waals surface area contributed by atoms with Crippen LogP contribution < -0.4 is 20.4 Å². The molecular weight excluding hydrogens is 575 g/mol. The monoisotopic (exact) mass is 612 g/mol. The summed E-state index contributed by atoms with van der Waals surface area (Å²) in [5, 5.41) is 4.80. The summed E-state index contributed by atoms with van der Waals surface area (Å²) in [5.41, 5.74) is 2.14. The van der Waals surface area contributed by atoms with Crippen LogP contribution in [0.3, 0.4) is 0 Å². The van der Waals surface area contributed by atoms with Crippen molar-refractivity contribution in [1.82, 2.24) is 14.8 Å². The normalized spacial score (nSPS) is 14.6. The SMILES string of the molecule is CCCCN(CC)c1c(F)cc2c(=O)c(C(=O)NCCCN3CCOCC3)cn3c2c1Oc1cc2c(cc1-3)oc1ccccc12. The van der Waals surface area contributed by atoms with Crippen molar-refractivity contribution in [3.63, 3.8) is 0 Å². The Bertz CT molecular complexity index is 1980. The second kappa shape index (κ2) is 12.2. The first-order valence-electron chi connectivity index (χ1n) is 15.9. The van der Waals surface area contributed by atoms with E-state index in [0.717, 1.165) is 55.3 Å². The molecule has 0 bridgehead atoms. The molecule has 0 aliphatic carbocycles. The quantitative estimate of drug-likeness (QED) is 0.184. The lowest BCUT2D eigenvalue weighted by Crippen LogP contribution is -2.38. The first kappa shape index (κ1) is 29.3. The first-order valence-corrected chi connectivity index (χ1v) is 15.9. The van der Waals surface area contributed by atoms with Crippen molar-refractivity contribution in [1.29, 1.82) is 0 Å². The summed E-state index contributed by atoms with van der Waals surface area (Å²) >= 11 is 0. The largest absolute Gasteiger partial charge is 0.456 e. The Hall–Kier alpha value is -4.41. The van der Waals surface area contributed by atoms with Crippen LogP contribution in [0, 0.1) is 5.82 Å². The highest BCUT2D eigenvalue weighted by Crippen LogP contribution is 2.48. The number of anilines is 1. The Labute approximate surface area is 260 Å². The predicted molar refractivity (Wildman–Crippen MR) is 174 cm³/mol. The minimum atomic E-state index is -0.555. The maximum atomic E-state index is 16.1. The average molecular weight is 613 g/mol. The fraction of sp³-hybridized carbons (Fsp3) is 0.371. The number of carbonyl (C=O) groups is 1. The standard InChI is InChI=1S/C35H37FN4O5/c1-3-5-13-39(4-2)32-26(36)18-24-31-34(32)45-30-19-23-22-9-6-7-10-28(22)44-29(23)20-27(30)40(31)21-25(33(24)41)35(42)37-11-8-12-38-14-16-43-17-15-38/h6-7,9-10,18-21H,3-5,8,11-17H2,1-2H3,(H,37,42). The van der Waals surface area contributed by atoms with Gasteiger partial charge in [-0.25, -0.2) is 4.39 Å². The van der Waals surface area contributed by atoms with Crippen LogP contribution >= 0.6 is 0 Å². The molecule has 4 heterocycles. The van der Waals surface area contributed by atoms with E-state index in [9.17, 15) is 9.59 Å². The van der Waals surface area contributed by atoms with E-state index in [1.807, 2.05) is 48.2 Å². The number of aromatic nitrogens is 1. The second-order valence-electron chi connectivity index (χ2n) is 11.7. The number of morpholine rings is 1. The number of furan rings is 1. The van der Waals surface area contributed by atoms with Gasteiger partial charge in [0.25, 0.3) is 5.91 Å². The third-order valence-electron chi connectivity index (χ3n) is 8.87. The van der Waals surface area contributed by atoms with E-state index in [0.29, 0.717) is 61.1 Å². The van der Waals surface area contributed by atoms with Crippen molar-refractivity contribution < 1.29 is 23.1 Å². The van der Waals surface area contributed by atoms with E-state index in [4.69, 9.17) is 13.9 Å². The molecule has 0 saturated carbocycles. The number of pyridine rings is 1. The number of halogens is 1. The molecule has 2 aromatic heterocycles. The third kappa shape index (κ3) is 5.21. The number of carbonyl (C=O) groups excluding carboxylic acids is 1. The Morgan fingerprint density at radius 3 is 2.64 bits per heavy atom. The van der Waals surface area contributed by atoms with E-state index in [2.05, 4.69) is 17.1 Å². The fourth-order valence-electron chi connectivity index (χ4n) is 6.48. The molecule has 3 aromatic carbocycles. The van der Waals surface area contributed by atoms with Crippen molar-refractivity contribution >= 4 is 44.4 Å². The van der Waals surface area contributed by atoms with E-state index in [1.165, 1.54) is 6.07 Å². The third-order valence-corrected chi connectivity index (χ3v) is 8.87. The number of unbranched alkanes of at least 4 members (excludes halogenated alkanes) is 1. The average Bonchev–Trinajstić information content (AvgIpc) is 3.42. The zero-order valence-corrected chi connectivity index (χ0v) is 25.7. The van der Waals surface area contributed by atoms with Gasteiger partial charge in [0.2, 0.25) is 5.43 Å². The van der Waals surface area contributed by atoms with E-state index >= 15 is 4.39 Å². The summed E-state index contributed by atoms with van der Waals surface area (Å²) in [5.74, 6) is -0.283. The van der Waals surface area contributed by atoms with Crippen LogP contribution in [0.4, 0.5) is 10.1 Å². The maximum Gasteiger partial charge on any atom is 0.256 e. The van der Waals surface area contributed by atoms with Gasteiger partial charge in [-0.3, -0.25) is 14.5 Å². The molecule has 0 unspecified atom stereocenters. The number of benzene rings is 3. The van der Waals surface area contributed by atoms with Gasteiger partial charge < -0.3 is 28.7 Å². The topological polar surface area (TPSA) is 89.2 Å². The van der Waals surface area contributed by atoms with Crippen LogP contribution in [0.15, 0.2) is 57.9 Å². The lowest BCUT2D eigenvalue weighted by Gasteiger charge is -2.30. The Balaban J connectivity index is 1.35. The lowest BCUT2D eigenvalue weighted by molar-refractivity contribution is 0.0374. The molecule has 0 radical (unpaired) electrons. The number of fused-ring (bicyclic) bond motifs is 5. The molecule has 9 nitrogen and oxygen atoms in total. The number of nitrogens with zero attached hydrogens (tertiary/aromatic N) is 3. The van der Waals surface area contributed by atoms with Crippen molar-refractivity contribution in [2.75, 3.05) is 57.4 Å². The van der Waals surface area contributed by atoms with Gasteiger partial charge in [-0.05, 0) is 44.5 Å². The minimum Gasteiger partial charge on any atom is -0.456 e. The zero-order chi connectivity index (χ0) is 31.1. The van der Waals surface area contributed by atoms with Crippen LogP contribution in [-0.2, 0) is 4.74 Å². The number of para-hydroxylation sites is 1. The summed E-state index contributed by atoms with van der Waals surface area (Å²) in [6.45, 7) is 9.66. The zero-order valence-electron chi connectivity index (χ0n) is 25.7. The maximum absolute atomic E-state index is 16.1. The van der Waals surface area contributed by atoms with Crippen LogP contribution in [0.25, 0.3) is 38.5 Å². The molecule has 10 heteroatoms. The van der Waals surface area contributed by atoms with Gasteiger partial charge in [-0.1, -0.05) is 31.5 Å². The molecule has 0 spiro atoms. The molecule has 45 heavy (non-hydrogen) atoms. The molecule has 2 aliphatic rings. The summed E-state index contributed by atoms with van der Waals surface area (Å²) in [4.78, 5) is 31.6. The van der Waals surface area contributed by atoms with Crippen molar-refractivity contribution in [2.45, 2.75) is 33.1 Å². The highest BCUT2D eigenvalue weighted by Gasteiger charge is 2.31. The number of nitrogens with one attached hydrogen (secondary N) is 1. The second-order valence-corrected chi connectivity index (χ2v) is 11.7. The molecule has 7 rings (SSSR count). The van der Waals surface area contributed by atoms with Gasteiger partial charge in [0, 0.05) is 55.8 Å². The molecule has 0 atom stereocenters. The molecule has 1 N–H and O–H groups in total. The van der Waals surface area contributed by atoms with Crippen LogP contribution in [-0.4, -0.2) is 67.9 Å². The molecule has 2 aliphatic heterocycles. The molecule has 5 aromatic rings. The molecular formula is C35H37FN4O5. The number of hydrogen-bond acceptors (Lipinski definition) is 7. The van der Waals surface area contributed by atoms with Gasteiger partial charge in [0.1, 0.15) is 27.9 Å². The number of rotatable bonds is 10.